The third-order valence-corrected chi connectivity index (χ3v) is 4.30. The van der Waals surface area contributed by atoms with E-state index in [1.807, 2.05) is 0 Å². The van der Waals surface area contributed by atoms with Gasteiger partial charge >= 0.3 is 0 Å². The van der Waals surface area contributed by atoms with Crippen LogP contribution in [0.2, 0.25) is 0 Å². The minimum atomic E-state index is 0.572. The lowest BCUT2D eigenvalue weighted by Crippen LogP contribution is -2.54. The van der Waals surface area contributed by atoms with Gasteiger partial charge in [-0.05, 0) is 37.0 Å². The zero-order chi connectivity index (χ0) is 9.47. The summed E-state index contributed by atoms with van der Waals surface area (Å²) in [6.07, 6.45) is 7.09. The molecule has 2 rings (SSSR count). The summed E-state index contributed by atoms with van der Waals surface area (Å²) in [7, 11) is 0. The molecule has 3 unspecified atom stereocenters. The van der Waals surface area contributed by atoms with E-state index in [4.69, 9.17) is 0 Å². The summed E-state index contributed by atoms with van der Waals surface area (Å²) in [5, 5.41) is 3.86. The largest absolute Gasteiger partial charge is 0.310 e. The van der Waals surface area contributed by atoms with Crippen LogP contribution in [-0.4, -0.2) is 12.1 Å². The molecule has 0 amide bonds. The Labute approximate surface area is 82.3 Å². The molecule has 1 nitrogen and oxygen atoms in total. The molecule has 0 aromatic rings. The summed E-state index contributed by atoms with van der Waals surface area (Å²) in [5.74, 6) is 0.913. The van der Waals surface area contributed by atoms with E-state index in [0.717, 1.165) is 18.0 Å². The average Bonchev–Trinajstić information content (AvgIpc) is 2.45. The molecule has 3 atom stereocenters. The summed E-state index contributed by atoms with van der Waals surface area (Å²) in [4.78, 5) is 0. The van der Waals surface area contributed by atoms with E-state index in [1.165, 1.54) is 32.1 Å². The van der Waals surface area contributed by atoms with Crippen LogP contribution in [0, 0.1) is 11.3 Å². The van der Waals surface area contributed by atoms with Gasteiger partial charge < -0.3 is 5.32 Å². The van der Waals surface area contributed by atoms with Gasteiger partial charge in [0.2, 0.25) is 0 Å². The first-order valence-corrected chi connectivity index (χ1v) is 5.86. The standard InChI is InChI=1S/C12H23N/c1-9-5-4-6-10(9)13-11-7-8-12(11,2)3/h9-11,13H,4-8H2,1-3H3. The van der Waals surface area contributed by atoms with Crippen LogP contribution >= 0.6 is 0 Å². The third kappa shape index (κ3) is 1.76. The predicted octanol–water partition coefficient (Wildman–Crippen LogP) is 2.95. The van der Waals surface area contributed by atoms with E-state index >= 15 is 0 Å². The molecule has 0 spiro atoms. The highest BCUT2D eigenvalue weighted by atomic mass is 15.0. The summed E-state index contributed by atoms with van der Waals surface area (Å²) in [6, 6.07) is 1.63. The second kappa shape index (κ2) is 3.27. The normalized spacial score (nSPS) is 43.2. The van der Waals surface area contributed by atoms with Crippen LogP contribution < -0.4 is 5.32 Å². The zero-order valence-corrected chi connectivity index (χ0v) is 9.27. The Balaban J connectivity index is 1.84. The molecule has 0 aromatic heterocycles. The summed E-state index contributed by atoms with van der Waals surface area (Å²) < 4.78 is 0. The lowest BCUT2D eigenvalue weighted by molar-refractivity contribution is 0.0930. The average molecular weight is 181 g/mol. The summed E-state index contributed by atoms with van der Waals surface area (Å²) >= 11 is 0. The predicted molar refractivity (Wildman–Crippen MR) is 56.7 cm³/mol. The topological polar surface area (TPSA) is 12.0 Å². The first-order valence-electron chi connectivity index (χ1n) is 5.86. The van der Waals surface area contributed by atoms with Crippen LogP contribution in [0.3, 0.4) is 0 Å². The molecule has 1 heteroatoms. The van der Waals surface area contributed by atoms with Crippen molar-refractivity contribution in [2.75, 3.05) is 0 Å². The Morgan fingerprint density at radius 1 is 1.15 bits per heavy atom. The number of hydrogen-bond donors (Lipinski definition) is 1. The van der Waals surface area contributed by atoms with Crippen molar-refractivity contribution in [2.24, 2.45) is 11.3 Å². The molecule has 1 N–H and O–H groups in total. The van der Waals surface area contributed by atoms with E-state index in [1.54, 1.807) is 0 Å². The van der Waals surface area contributed by atoms with Gasteiger partial charge in [0, 0.05) is 12.1 Å². The highest BCUT2D eigenvalue weighted by molar-refractivity contribution is 4.97. The van der Waals surface area contributed by atoms with Crippen LogP contribution in [0.25, 0.3) is 0 Å². The molecule has 13 heavy (non-hydrogen) atoms. The molecular formula is C12H23N. The molecule has 2 aliphatic carbocycles. The Hall–Kier alpha value is -0.0400. The molecule has 0 aromatic carbocycles. The van der Waals surface area contributed by atoms with Crippen molar-refractivity contribution in [3.63, 3.8) is 0 Å². The summed E-state index contributed by atoms with van der Waals surface area (Å²) in [5.41, 5.74) is 0.572. The highest BCUT2D eigenvalue weighted by Crippen LogP contribution is 2.41. The Kier molecular flexibility index (Phi) is 2.39. The fraction of sp³-hybridized carbons (Fsp3) is 1.00. The van der Waals surface area contributed by atoms with Gasteiger partial charge in [-0.2, -0.15) is 0 Å². The lowest BCUT2D eigenvalue weighted by atomic mass is 9.67. The van der Waals surface area contributed by atoms with Gasteiger partial charge in [-0.3, -0.25) is 0 Å². The molecule has 2 aliphatic rings. The van der Waals surface area contributed by atoms with E-state index in [9.17, 15) is 0 Å². The number of nitrogens with one attached hydrogen (secondary N) is 1. The summed E-state index contributed by atoms with van der Waals surface area (Å²) in [6.45, 7) is 7.19. The van der Waals surface area contributed by atoms with Crippen molar-refractivity contribution in [2.45, 2.75) is 65.0 Å². The molecule has 0 bridgehead atoms. The minimum Gasteiger partial charge on any atom is -0.310 e. The van der Waals surface area contributed by atoms with E-state index in [0.29, 0.717) is 5.41 Å². The number of rotatable bonds is 2. The highest BCUT2D eigenvalue weighted by Gasteiger charge is 2.40. The van der Waals surface area contributed by atoms with Crippen LogP contribution in [0.4, 0.5) is 0 Å². The van der Waals surface area contributed by atoms with Gasteiger partial charge in [-0.1, -0.05) is 27.2 Å². The zero-order valence-electron chi connectivity index (χ0n) is 9.27. The molecule has 2 saturated carbocycles. The Morgan fingerprint density at radius 2 is 1.92 bits per heavy atom. The second-order valence-corrected chi connectivity index (χ2v) is 5.76. The molecule has 0 heterocycles. The van der Waals surface area contributed by atoms with E-state index < -0.39 is 0 Å². The van der Waals surface area contributed by atoms with Crippen LogP contribution in [0.15, 0.2) is 0 Å². The monoisotopic (exact) mass is 181 g/mol. The number of hydrogen-bond acceptors (Lipinski definition) is 1. The van der Waals surface area contributed by atoms with Crippen molar-refractivity contribution in [3.05, 3.63) is 0 Å². The Bertz CT molecular complexity index is 186. The first kappa shape index (κ1) is 9.51. The molecule has 2 fully saturated rings. The van der Waals surface area contributed by atoms with Crippen LogP contribution in [-0.2, 0) is 0 Å². The molecular weight excluding hydrogens is 158 g/mol. The fourth-order valence-corrected chi connectivity index (χ4v) is 2.83. The smallest absolute Gasteiger partial charge is 0.0121 e. The second-order valence-electron chi connectivity index (χ2n) is 5.76. The van der Waals surface area contributed by atoms with Gasteiger partial charge in [0.05, 0.1) is 0 Å². The van der Waals surface area contributed by atoms with Gasteiger partial charge in [-0.15, -0.1) is 0 Å². The van der Waals surface area contributed by atoms with Gasteiger partial charge in [0.15, 0.2) is 0 Å². The maximum Gasteiger partial charge on any atom is 0.0121 e. The van der Waals surface area contributed by atoms with Crippen LogP contribution in [0.5, 0.6) is 0 Å². The van der Waals surface area contributed by atoms with Gasteiger partial charge in [-0.25, -0.2) is 0 Å². The Morgan fingerprint density at radius 3 is 2.31 bits per heavy atom. The van der Waals surface area contributed by atoms with E-state index in [-0.39, 0.29) is 0 Å². The lowest BCUT2D eigenvalue weighted by Gasteiger charge is -2.47. The maximum atomic E-state index is 3.86. The van der Waals surface area contributed by atoms with E-state index in [2.05, 4.69) is 26.1 Å². The fourth-order valence-electron chi connectivity index (χ4n) is 2.83. The van der Waals surface area contributed by atoms with Crippen molar-refractivity contribution in [1.29, 1.82) is 0 Å². The molecule has 0 saturated heterocycles. The molecule has 0 aliphatic heterocycles. The molecule has 0 radical (unpaired) electrons. The van der Waals surface area contributed by atoms with Crippen LogP contribution in [0.1, 0.15) is 52.9 Å². The van der Waals surface area contributed by atoms with Crippen molar-refractivity contribution in [1.82, 2.24) is 5.32 Å². The van der Waals surface area contributed by atoms with Crippen molar-refractivity contribution >= 4 is 0 Å². The molecule has 76 valence electrons. The quantitative estimate of drug-likeness (QED) is 0.690. The maximum absolute atomic E-state index is 3.86. The van der Waals surface area contributed by atoms with Crippen molar-refractivity contribution in [3.8, 4) is 0 Å². The van der Waals surface area contributed by atoms with Gasteiger partial charge in [0.25, 0.3) is 0 Å². The SMILES string of the molecule is CC1CCCC1NC1CCC1(C)C. The third-order valence-electron chi connectivity index (χ3n) is 4.30. The van der Waals surface area contributed by atoms with Crippen molar-refractivity contribution < 1.29 is 0 Å². The van der Waals surface area contributed by atoms with Gasteiger partial charge in [0.1, 0.15) is 0 Å². The minimum absolute atomic E-state index is 0.572. The first-order chi connectivity index (χ1) is 6.09.